The predicted octanol–water partition coefficient (Wildman–Crippen LogP) is 1.10. The van der Waals surface area contributed by atoms with Gasteiger partial charge in [-0.15, -0.1) is 0 Å². The van der Waals surface area contributed by atoms with Crippen LogP contribution >= 0.6 is 0 Å². The monoisotopic (exact) mass is 333 g/mol. The van der Waals surface area contributed by atoms with Gasteiger partial charge in [0.1, 0.15) is 11.7 Å². The number of amides is 1. The molecule has 2 heterocycles. The zero-order chi connectivity index (χ0) is 17.8. The number of epoxide rings is 1. The van der Waals surface area contributed by atoms with Gasteiger partial charge in [0.05, 0.1) is 12.5 Å². The number of carboxylic acids is 1. The molecule has 0 spiro atoms. The van der Waals surface area contributed by atoms with Crippen molar-refractivity contribution >= 4 is 17.6 Å². The summed E-state index contributed by atoms with van der Waals surface area (Å²) in [5, 5.41) is 20.4. The van der Waals surface area contributed by atoms with Crippen LogP contribution in [0.5, 0.6) is 0 Å². The Morgan fingerprint density at radius 3 is 2.48 bits per heavy atom. The average Bonchev–Trinajstić information content (AvgIpc) is 3.14. The number of rotatable bonds is 3. The molecule has 6 heteroatoms. The summed E-state index contributed by atoms with van der Waals surface area (Å²) in [5.41, 5.74) is -0.318. The number of nitriles is 1. The maximum absolute atomic E-state index is 12.5. The second-order valence-corrected chi connectivity index (χ2v) is 6.31. The Balaban J connectivity index is 1.62. The summed E-state index contributed by atoms with van der Waals surface area (Å²) in [4.78, 5) is 25.4. The van der Waals surface area contributed by atoms with E-state index in [-0.39, 0.29) is 5.91 Å². The molecule has 2 aliphatic heterocycles. The average molecular weight is 333 g/mol. The fourth-order valence-electron chi connectivity index (χ4n) is 3.38. The molecule has 1 amide bonds. The quantitative estimate of drug-likeness (QED) is 0.784. The van der Waals surface area contributed by atoms with E-state index in [2.05, 4.69) is 0 Å². The molecule has 124 valence electrons. The van der Waals surface area contributed by atoms with Crippen molar-refractivity contribution in [2.75, 3.05) is 4.90 Å². The van der Waals surface area contributed by atoms with E-state index >= 15 is 0 Å². The van der Waals surface area contributed by atoms with Crippen LogP contribution < -0.4 is 10.0 Å². The van der Waals surface area contributed by atoms with Crippen LogP contribution in [0.25, 0.3) is 0 Å². The van der Waals surface area contributed by atoms with Crippen molar-refractivity contribution in [2.24, 2.45) is 0 Å². The van der Waals surface area contributed by atoms with Gasteiger partial charge in [0.15, 0.2) is 0 Å². The highest BCUT2D eigenvalue weighted by molar-refractivity contribution is 6.10. The molecule has 2 aromatic carbocycles. The highest BCUT2D eigenvalue weighted by atomic mass is 16.6. The van der Waals surface area contributed by atoms with Gasteiger partial charge in [-0.25, -0.2) is 0 Å². The third kappa shape index (κ3) is 1.93. The Labute approximate surface area is 143 Å². The number of carbonyl (C=O) groups excluding carboxylic acids is 2. The van der Waals surface area contributed by atoms with Crippen LogP contribution in [0.15, 0.2) is 48.5 Å². The van der Waals surface area contributed by atoms with E-state index in [4.69, 9.17) is 10.00 Å². The molecule has 0 aromatic heterocycles. The summed E-state index contributed by atoms with van der Waals surface area (Å²) in [6.45, 7) is 2.03. The second-order valence-electron chi connectivity index (χ2n) is 6.31. The van der Waals surface area contributed by atoms with Crippen LogP contribution in [0.3, 0.4) is 0 Å². The fourth-order valence-corrected chi connectivity index (χ4v) is 3.38. The van der Waals surface area contributed by atoms with Crippen LogP contribution in [0.4, 0.5) is 5.69 Å². The van der Waals surface area contributed by atoms with Crippen molar-refractivity contribution in [2.45, 2.75) is 24.7 Å². The maximum Gasteiger partial charge on any atom is 0.258 e. The Bertz CT molecular complexity index is 947. The molecule has 2 atom stereocenters. The van der Waals surface area contributed by atoms with Gasteiger partial charge in [-0.1, -0.05) is 30.3 Å². The summed E-state index contributed by atoms with van der Waals surface area (Å²) >= 11 is 0. The standard InChI is InChI=1S/C19H14N2O4/c1-18(19(11-20,25-18)17(23)24)13-6-8-14(9-7-13)21-10-12-4-2-3-5-15(12)16(21)22/h2-9H,10H2,1H3,(H,23,24)/p-1/t18-,19-/m0/s1. The van der Waals surface area contributed by atoms with Gasteiger partial charge >= 0.3 is 0 Å². The number of benzene rings is 2. The number of fused-ring (bicyclic) bond motifs is 1. The number of aliphatic carboxylic acids is 1. The lowest BCUT2D eigenvalue weighted by Crippen LogP contribution is -2.41. The molecular formula is C19H13N2O4-. The van der Waals surface area contributed by atoms with Gasteiger partial charge in [-0.05, 0) is 36.2 Å². The number of carbonyl (C=O) groups is 2. The molecule has 25 heavy (non-hydrogen) atoms. The molecule has 1 fully saturated rings. The van der Waals surface area contributed by atoms with Gasteiger partial charge in [0.25, 0.3) is 5.91 Å². The summed E-state index contributed by atoms with van der Waals surface area (Å²) in [6, 6.07) is 15.9. The second kappa shape index (κ2) is 4.91. The number of anilines is 1. The van der Waals surface area contributed by atoms with Gasteiger partial charge in [0.2, 0.25) is 5.60 Å². The Morgan fingerprint density at radius 2 is 1.92 bits per heavy atom. The van der Waals surface area contributed by atoms with Crippen molar-refractivity contribution in [1.82, 2.24) is 0 Å². The van der Waals surface area contributed by atoms with E-state index in [1.807, 2.05) is 18.2 Å². The van der Waals surface area contributed by atoms with Gasteiger partial charge in [0, 0.05) is 11.3 Å². The minimum atomic E-state index is -1.96. The van der Waals surface area contributed by atoms with E-state index in [1.165, 1.54) is 6.92 Å². The molecule has 0 bridgehead atoms. The highest BCUT2D eigenvalue weighted by Gasteiger charge is 2.70. The molecule has 1 saturated heterocycles. The van der Waals surface area contributed by atoms with Crippen LogP contribution in [0, 0.1) is 11.3 Å². The van der Waals surface area contributed by atoms with E-state index in [0.29, 0.717) is 23.4 Å². The number of hydrogen-bond donors (Lipinski definition) is 0. The lowest BCUT2D eigenvalue weighted by molar-refractivity contribution is -0.310. The SMILES string of the molecule is C[C@@]1(c2ccc(N3Cc4ccccc4C3=O)cc2)O[C@@]1(C#N)C(=O)[O-]. The molecule has 0 radical (unpaired) electrons. The summed E-state index contributed by atoms with van der Waals surface area (Å²) < 4.78 is 5.22. The third-order valence-electron chi connectivity index (χ3n) is 4.98. The van der Waals surface area contributed by atoms with Crippen LogP contribution in [-0.2, 0) is 21.7 Å². The third-order valence-corrected chi connectivity index (χ3v) is 4.98. The first kappa shape index (κ1) is 15.4. The smallest absolute Gasteiger partial charge is 0.258 e. The van der Waals surface area contributed by atoms with Gasteiger partial charge in [-0.3, -0.25) is 4.79 Å². The fraction of sp³-hybridized carbons (Fsp3) is 0.211. The molecule has 0 saturated carbocycles. The Kier molecular flexibility index (Phi) is 3.02. The summed E-state index contributed by atoms with van der Waals surface area (Å²) in [5.74, 6) is -1.62. The van der Waals surface area contributed by atoms with E-state index in [1.54, 1.807) is 41.3 Å². The molecule has 2 aromatic rings. The summed E-state index contributed by atoms with van der Waals surface area (Å²) in [6.07, 6.45) is 0. The first-order chi connectivity index (χ1) is 11.9. The lowest BCUT2D eigenvalue weighted by atomic mass is 9.88. The minimum Gasteiger partial charge on any atom is -0.546 e. The van der Waals surface area contributed by atoms with Gasteiger partial charge in [-0.2, -0.15) is 5.26 Å². The Hall–Kier alpha value is -3.17. The molecule has 0 aliphatic carbocycles. The largest absolute Gasteiger partial charge is 0.546 e. The van der Waals surface area contributed by atoms with Crippen molar-refractivity contribution in [1.29, 1.82) is 5.26 Å². The number of ether oxygens (including phenoxy) is 1. The predicted molar refractivity (Wildman–Crippen MR) is 85.2 cm³/mol. The molecular weight excluding hydrogens is 320 g/mol. The lowest BCUT2D eigenvalue weighted by Gasteiger charge is -2.17. The highest BCUT2D eigenvalue weighted by Crippen LogP contribution is 2.55. The summed E-state index contributed by atoms with van der Waals surface area (Å²) in [7, 11) is 0. The zero-order valence-corrected chi connectivity index (χ0v) is 13.4. The van der Waals surface area contributed by atoms with E-state index in [9.17, 15) is 14.7 Å². The van der Waals surface area contributed by atoms with Gasteiger partial charge < -0.3 is 19.5 Å². The van der Waals surface area contributed by atoms with Crippen LogP contribution in [-0.4, -0.2) is 17.5 Å². The number of nitrogens with zero attached hydrogens (tertiary/aromatic N) is 2. The van der Waals surface area contributed by atoms with Crippen molar-refractivity contribution in [3.05, 3.63) is 65.2 Å². The van der Waals surface area contributed by atoms with Crippen LogP contribution in [0.2, 0.25) is 0 Å². The normalized spacial score (nSPS) is 26.9. The topological polar surface area (TPSA) is 96.8 Å². The Morgan fingerprint density at radius 1 is 1.24 bits per heavy atom. The van der Waals surface area contributed by atoms with Crippen molar-refractivity contribution < 1.29 is 19.4 Å². The van der Waals surface area contributed by atoms with Crippen molar-refractivity contribution in [3.63, 3.8) is 0 Å². The van der Waals surface area contributed by atoms with E-state index in [0.717, 1.165) is 5.56 Å². The van der Waals surface area contributed by atoms with Crippen LogP contribution in [0.1, 0.15) is 28.4 Å². The zero-order valence-electron chi connectivity index (χ0n) is 13.4. The van der Waals surface area contributed by atoms with Crippen molar-refractivity contribution in [3.8, 4) is 6.07 Å². The minimum absolute atomic E-state index is 0.0710. The molecule has 4 rings (SSSR count). The molecule has 0 N–H and O–H groups in total. The number of hydrogen-bond acceptors (Lipinski definition) is 5. The molecule has 2 aliphatic rings. The van der Waals surface area contributed by atoms with E-state index < -0.39 is 17.2 Å². The maximum atomic E-state index is 12.5. The first-order valence-electron chi connectivity index (χ1n) is 7.76. The molecule has 6 nitrogen and oxygen atoms in total. The molecule has 0 unspecified atom stereocenters. The number of carboxylic acid groups (broad SMARTS) is 1. The first-order valence-corrected chi connectivity index (χ1v) is 7.76.